The number of nitrogens with zero attached hydrogens (tertiary/aromatic N) is 1. The number of carboxylic acid groups (broad SMARTS) is 1. The summed E-state index contributed by atoms with van der Waals surface area (Å²) in [7, 11) is 5.93. The maximum atomic E-state index is 12.7. The summed E-state index contributed by atoms with van der Waals surface area (Å²) in [6.07, 6.45) is 41.4. The standard InChI is InChI=1S/C46H79NO8/c1-6-8-10-12-14-16-18-20-21-22-23-25-26-28-30-32-34-36-43(48)53-40-42(41-54-46(45(50)51)52-39-38-47(3,4)5)55-44(49)37-35-33-31-29-27-24-19-17-15-13-11-9-7-2/h8,10,14,16,20-21,23,25,28,30,42,46H,6-7,9,11-13,15,17-19,22,24,26-27,29,31-41H2,1-5H3/p+1/b10-8-,16-14-,21-20-,25-23-,30-28-/t42-,46?/m1/s1. The number of rotatable bonds is 38. The Labute approximate surface area is 335 Å². The Kier molecular flexibility index (Phi) is 35.8. The van der Waals surface area contributed by atoms with E-state index in [0.29, 0.717) is 23.9 Å². The number of carbonyl (C=O) groups excluding carboxylic acids is 2. The molecule has 55 heavy (non-hydrogen) atoms. The van der Waals surface area contributed by atoms with Gasteiger partial charge in [-0.3, -0.25) is 9.59 Å². The van der Waals surface area contributed by atoms with Gasteiger partial charge in [-0.2, -0.15) is 0 Å². The van der Waals surface area contributed by atoms with Gasteiger partial charge in [0, 0.05) is 12.8 Å². The van der Waals surface area contributed by atoms with Crippen LogP contribution in [-0.2, 0) is 33.3 Å². The average Bonchev–Trinajstić information content (AvgIpc) is 3.14. The van der Waals surface area contributed by atoms with Gasteiger partial charge in [0.1, 0.15) is 13.2 Å². The highest BCUT2D eigenvalue weighted by Crippen LogP contribution is 2.14. The van der Waals surface area contributed by atoms with Gasteiger partial charge >= 0.3 is 17.9 Å². The third-order valence-electron chi connectivity index (χ3n) is 8.79. The van der Waals surface area contributed by atoms with Gasteiger partial charge in [-0.15, -0.1) is 0 Å². The van der Waals surface area contributed by atoms with E-state index in [1.54, 1.807) is 0 Å². The summed E-state index contributed by atoms with van der Waals surface area (Å²) in [5, 5.41) is 9.61. The molecule has 9 nitrogen and oxygen atoms in total. The second-order valence-corrected chi connectivity index (χ2v) is 15.3. The molecule has 0 rings (SSSR count). The van der Waals surface area contributed by atoms with Crippen LogP contribution in [0.5, 0.6) is 0 Å². The highest BCUT2D eigenvalue weighted by Gasteiger charge is 2.25. The molecule has 1 unspecified atom stereocenters. The molecular weight excluding hydrogens is 695 g/mol. The van der Waals surface area contributed by atoms with Gasteiger partial charge in [0.25, 0.3) is 6.29 Å². The molecule has 0 fully saturated rings. The maximum Gasteiger partial charge on any atom is 0.361 e. The van der Waals surface area contributed by atoms with E-state index in [2.05, 4.69) is 74.6 Å². The number of likely N-dealkylation sites (N-methyl/N-ethyl adjacent to an activating group) is 1. The minimum atomic E-state index is -1.52. The summed E-state index contributed by atoms with van der Waals surface area (Å²) in [6.45, 7) is 4.67. The van der Waals surface area contributed by atoms with Gasteiger partial charge in [-0.25, -0.2) is 4.79 Å². The third-order valence-corrected chi connectivity index (χ3v) is 8.79. The molecule has 0 radical (unpaired) electrons. The first-order valence-corrected chi connectivity index (χ1v) is 21.5. The van der Waals surface area contributed by atoms with Crippen molar-refractivity contribution in [2.24, 2.45) is 0 Å². The SMILES string of the molecule is CC/C=C\C/C=C\C/C=C\C/C=C\C/C=C\CCCC(=O)OC[C@H](COC(OCC[N+](C)(C)C)C(=O)O)OC(=O)CCCCCCCCCCCCCCC. The topological polar surface area (TPSA) is 108 Å². The number of ether oxygens (including phenoxy) is 4. The van der Waals surface area contributed by atoms with E-state index in [1.165, 1.54) is 64.2 Å². The lowest BCUT2D eigenvalue weighted by Crippen LogP contribution is -2.40. The first-order chi connectivity index (χ1) is 26.6. The Morgan fingerprint density at radius 1 is 0.564 bits per heavy atom. The van der Waals surface area contributed by atoms with Crippen LogP contribution in [0.1, 0.15) is 155 Å². The van der Waals surface area contributed by atoms with Crippen LogP contribution in [0, 0.1) is 0 Å². The molecule has 0 bridgehead atoms. The molecule has 9 heteroatoms. The van der Waals surface area contributed by atoms with Crippen molar-refractivity contribution in [3.63, 3.8) is 0 Å². The Morgan fingerprint density at radius 2 is 1.04 bits per heavy atom. The average molecular weight is 775 g/mol. The number of hydrogen-bond donors (Lipinski definition) is 1. The Morgan fingerprint density at radius 3 is 1.53 bits per heavy atom. The number of hydrogen-bond acceptors (Lipinski definition) is 7. The molecule has 0 saturated heterocycles. The van der Waals surface area contributed by atoms with E-state index in [4.69, 9.17) is 18.9 Å². The van der Waals surface area contributed by atoms with Crippen molar-refractivity contribution in [2.75, 3.05) is 47.5 Å². The lowest BCUT2D eigenvalue weighted by Gasteiger charge is -2.25. The molecule has 0 aliphatic rings. The van der Waals surface area contributed by atoms with E-state index in [-0.39, 0.29) is 32.7 Å². The lowest BCUT2D eigenvalue weighted by atomic mass is 10.0. The van der Waals surface area contributed by atoms with Crippen LogP contribution in [0.15, 0.2) is 60.8 Å². The fourth-order valence-electron chi connectivity index (χ4n) is 5.46. The Balaban J connectivity index is 4.57. The molecule has 2 atom stereocenters. The maximum absolute atomic E-state index is 12.7. The predicted octanol–water partition coefficient (Wildman–Crippen LogP) is 11.0. The Hall–Kier alpha value is -3.01. The van der Waals surface area contributed by atoms with E-state index >= 15 is 0 Å². The van der Waals surface area contributed by atoms with Gasteiger partial charge in [-0.1, -0.05) is 152 Å². The number of unbranched alkanes of at least 4 members (excludes halogenated alkanes) is 13. The third kappa shape index (κ3) is 39.0. The normalized spacial score (nSPS) is 13.5. The minimum absolute atomic E-state index is 0.177. The van der Waals surface area contributed by atoms with E-state index < -0.39 is 30.3 Å². The number of quaternary nitrogens is 1. The summed E-state index contributed by atoms with van der Waals surface area (Å²) >= 11 is 0. The van der Waals surface area contributed by atoms with Crippen molar-refractivity contribution < 1.29 is 42.9 Å². The van der Waals surface area contributed by atoms with Gasteiger partial charge < -0.3 is 28.5 Å². The molecular formula is C46H80NO8+. The van der Waals surface area contributed by atoms with Crippen LogP contribution < -0.4 is 0 Å². The summed E-state index contributed by atoms with van der Waals surface area (Å²) in [5.41, 5.74) is 0. The van der Waals surface area contributed by atoms with Crippen LogP contribution in [0.3, 0.4) is 0 Å². The first-order valence-electron chi connectivity index (χ1n) is 21.5. The van der Waals surface area contributed by atoms with E-state index in [0.717, 1.165) is 51.4 Å². The lowest BCUT2D eigenvalue weighted by molar-refractivity contribution is -0.870. The highest BCUT2D eigenvalue weighted by molar-refractivity contribution is 5.71. The number of carboxylic acids is 1. The molecule has 0 aromatic carbocycles. The van der Waals surface area contributed by atoms with Crippen molar-refractivity contribution in [3.05, 3.63) is 60.8 Å². The van der Waals surface area contributed by atoms with Crippen molar-refractivity contribution in [1.82, 2.24) is 0 Å². The molecule has 0 aromatic rings. The monoisotopic (exact) mass is 775 g/mol. The van der Waals surface area contributed by atoms with Crippen LogP contribution >= 0.6 is 0 Å². The number of aliphatic carboxylic acids is 1. The van der Waals surface area contributed by atoms with Crippen molar-refractivity contribution >= 4 is 17.9 Å². The molecule has 0 aromatic heterocycles. The zero-order chi connectivity index (χ0) is 40.7. The molecule has 0 aliphatic heterocycles. The van der Waals surface area contributed by atoms with Crippen molar-refractivity contribution in [1.29, 1.82) is 0 Å². The Bertz CT molecular complexity index is 1090. The van der Waals surface area contributed by atoms with Gasteiger partial charge in [-0.05, 0) is 51.4 Å². The highest BCUT2D eigenvalue weighted by atomic mass is 16.7. The smallest absolute Gasteiger partial charge is 0.361 e. The van der Waals surface area contributed by atoms with Gasteiger partial charge in [0.2, 0.25) is 0 Å². The zero-order valence-corrected chi connectivity index (χ0v) is 35.6. The van der Waals surface area contributed by atoms with Crippen LogP contribution in [-0.4, -0.2) is 87.4 Å². The quantitative estimate of drug-likeness (QED) is 0.0217. The zero-order valence-electron chi connectivity index (χ0n) is 35.6. The van der Waals surface area contributed by atoms with Crippen LogP contribution in [0.2, 0.25) is 0 Å². The summed E-state index contributed by atoms with van der Waals surface area (Å²) in [4.78, 5) is 37.0. The van der Waals surface area contributed by atoms with E-state index in [9.17, 15) is 19.5 Å². The summed E-state index contributed by atoms with van der Waals surface area (Å²) in [5.74, 6) is -2.09. The summed E-state index contributed by atoms with van der Waals surface area (Å²) in [6, 6.07) is 0. The number of esters is 2. The first kappa shape index (κ1) is 52.0. The summed E-state index contributed by atoms with van der Waals surface area (Å²) < 4.78 is 22.6. The molecule has 0 heterocycles. The van der Waals surface area contributed by atoms with Crippen molar-refractivity contribution in [2.45, 2.75) is 167 Å². The number of allylic oxidation sites excluding steroid dienone is 10. The molecule has 1 N–H and O–H groups in total. The predicted molar refractivity (Wildman–Crippen MR) is 226 cm³/mol. The number of carbonyl (C=O) groups is 3. The fourth-order valence-corrected chi connectivity index (χ4v) is 5.46. The van der Waals surface area contributed by atoms with Crippen LogP contribution in [0.4, 0.5) is 0 Å². The van der Waals surface area contributed by atoms with Crippen molar-refractivity contribution in [3.8, 4) is 0 Å². The van der Waals surface area contributed by atoms with Gasteiger partial charge in [0.15, 0.2) is 6.10 Å². The second-order valence-electron chi connectivity index (χ2n) is 15.3. The molecule has 0 amide bonds. The molecule has 0 aliphatic carbocycles. The molecule has 0 spiro atoms. The van der Waals surface area contributed by atoms with E-state index in [1.807, 2.05) is 21.1 Å². The second kappa shape index (κ2) is 37.9. The minimum Gasteiger partial charge on any atom is -0.477 e. The fraction of sp³-hybridized carbons (Fsp3) is 0.717. The van der Waals surface area contributed by atoms with Gasteiger partial charge in [0.05, 0.1) is 34.4 Å². The molecule has 316 valence electrons. The van der Waals surface area contributed by atoms with Crippen LogP contribution in [0.25, 0.3) is 0 Å². The molecule has 0 saturated carbocycles. The largest absolute Gasteiger partial charge is 0.477 e.